The lowest BCUT2D eigenvalue weighted by atomic mass is 9.67. The Morgan fingerprint density at radius 3 is 2.46 bits per heavy atom. The van der Waals surface area contributed by atoms with Crippen LogP contribution in [0.4, 0.5) is 0 Å². The number of hydrogen-bond acceptors (Lipinski definition) is 3. The highest BCUT2D eigenvalue weighted by Gasteiger charge is 2.49. The average Bonchev–Trinajstić information content (AvgIpc) is 3.56. The first-order chi connectivity index (χ1) is 13.5. The molecule has 0 N–H and O–H groups in total. The molecule has 5 nitrogen and oxygen atoms in total. The van der Waals surface area contributed by atoms with E-state index in [9.17, 15) is 9.59 Å². The molecule has 2 aliphatic heterocycles. The molecular formula is C23H33N3O2. The molecule has 0 unspecified atom stereocenters. The van der Waals surface area contributed by atoms with Crippen LogP contribution in [0.1, 0.15) is 50.5 Å². The van der Waals surface area contributed by atoms with E-state index in [1.54, 1.807) is 0 Å². The van der Waals surface area contributed by atoms with Gasteiger partial charge in [0.2, 0.25) is 11.8 Å². The van der Waals surface area contributed by atoms with Crippen molar-refractivity contribution in [1.82, 2.24) is 14.7 Å². The van der Waals surface area contributed by atoms with E-state index in [0.717, 1.165) is 63.8 Å². The van der Waals surface area contributed by atoms with Crippen molar-refractivity contribution in [3.8, 4) is 0 Å². The molecule has 3 aliphatic rings. The first-order valence-electron chi connectivity index (χ1n) is 10.8. The van der Waals surface area contributed by atoms with Gasteiger partial charge in [0, 0.05) is 25.7 Å². The van der Waals surface area contributed by atoms with Gasteiger partial charge in [-0.05, 0) is 56.7 Å². The van der Waals surface area contributed by atoms with Crippen molar-refractivity contribution < 1.29 is 9.59 Å². The molecule has 5 heteroatoms. The Balaban J connectivity index is 1.48. The van der Waals surface area contributed by atoms with Gasteiger partial charge < -0.3 is 9.80 Å². The first kappa shape index (κ1) is 19.4. The Bertz CT molecular complexity index is 708. The summed E-state index contributed by atoms with van der Waals surface area (Å²) in [6, 6.07) is 10.8. The molecular weight excluding hydrogens is 350 g/mol. The van der Waals surface area contributed by atoms with E-state index in [-0.39, 0.29) is 17.2 Å². The summed E-state index contributed by atoms with van der Waals surface area (Å²) < 4.78 is 0. The Hall–Kier alpha value is -1.88. The maximum Gasteiger partial charge on any atom is 0.236 e. The van der Waals surface area contributed by atoms with Crippen LogP contribution in [0.25, 0.3) is 0 Å². The maximum atomic E-state index is 13.2. The van der Waals surface area contributed by atoms with E-state index in [1.807, 2.05) is 30.1 Å². The number of benzene rings is 1. The van der Waals surface area contributed by atoms with Crippen LogP contribution in [0, 0.1) is 5.41 Å². The molecule has 3 fully saturated rings. The number of hydrogen-bond donors (Lipinski definition) is 0. The van der Waals surface area contributed by atoms with Crippen molar-refractivity contribution in [2.45, 2.75) is 51.0 Å². The molecule has 2 amide bonds. The second-order valence-electron chi connectivity index (χ2n) is 9.08. The van der Waals surface area contributed by atoms with Crippen molar-refractivity contribution in [3.05, 3.63) is 35.9 Å². The summed E-state index contributed by atoms with van der Waals surface area (Å²) in [5.74, 6) is 0.538. The van der Waals surface area contributed by atoms with Crippen molar-refractivity contribution >= 4 is 11.8 Å². The monoisotopic (exact) mass is 383 g/mol. The average molecular weight is 384 g/mol. The number of piperidine rings is 2. The highest BCUT2D eigenvalue weighted by Crippen LogP contribution is 2.48. The van der Waals surface area contributed by atoms with Gasteiger partial charge in [-0.25, -0.2) is 0 Å². The zero-order valence-electron chi connectivity index (χ0n) is 17.3. The SMILES string of the molecule is CCN(C)CC(=O)N1CCC2(CC1)C[C@@H](c1ccccc1)C(=O)N(C1CC1)C2. The van der Waals surface area contributed by atoms with Gasteiger partial charge in [-0.1, -0.05) is 37.3 Å². The fourth-order valence-electron chi connectivity index (χ4n) is 4.90. The number of carbonyl (C=O) groups excluding carboxylic acids is 2. The zero-order valence-corrected chi connectivity index (χ0v) is 17.3. The van der Waals surface area contributed by atoms with Gasteiger partial charge in [0.15, 0.2) is 0 Å². The Labute approximate surface area is 168 Å². The number of carbonyl (C=O) groups is 2. The molecule has 2 saturated heterocycles. The molecule has 1 atom stereocenters. The van der Waals surface area contributed by atoms with Crippen LogP contribution < -0.4 is 0 Å². The molecule has 1 spiro atoms. The third-order valence-corrected chi connectivity index (χ3v) is 7.04. The highest BCUT2D eigenvalue weighted by atomic mass is 16.2. The summed E-state index contributed by atoms with van der Waals surface area (Å²) in [5.41, 5.74) is 1.31. The number of amides is 2. The molecule has 1 aromatic carbocycles. The van der Waals surface area contributed by atoms with Gasteiger partial charge in [0.1, 0.15) is 0 Å². The molecule has 0 bridgehead atoms. The Kier molecular flexibility index (Phi) is 5.46. The lowest BCUT2D eigenvalue weighted by molar-refractivity contribution is -0.145. The smallest absolute Gasteiger partial charge is 0.236 e. The minimum absolute atomic E-state index is 0.0240. The number of rotatable bonds is 5. The third-order valence-electron chi connectivity index (χ3n) is 7.04. The van der Waals surface area contributed by atoms with Crippen LogP contribution in [0.15, 0.2) is 30.3 Å². The van der Waals surface area contributed by atoms with Gasteiger partial charge in [-0.15, -0.1) is 0 Å². The topological polar surface area (TPSA) is 43.9 Å². The quantitative estimate of drug-likeness (QED) is 0.785. The van der Waals surface area contributed by atoms with Crippen molar-refractivity contribution in [1.29, 1.82) is 0 Å². The van der Waals surface area contributed by atoms with Gasteiger partial charge >= 0.3 is 0 Å². The van der Waals surface area contributed by atoms with Crippen LogP contribution >= 0.6 is 0 Å². The first-order valence-corrected chi connectivity index (χ1v) is 10.8. The second-order valence-corrected chi connectivity index (χ2v) is 9.08. The standard InChI is InChI=1S/C23H33N3O2/c1-3-24(2)16-21(27)25-13-11-23(12-14-25)15-20(18-7-5-4-6-8-18)22(28)26(17-23)19-9-10-19/h4-8,19-20H,3,9-17H2,1-2H3/t20-/m0/s1. The number of likely N-dealkylation sites (N-methyl/N-ethyl adjacent to an activating group) is 1. The van der Waals surface area contributed by atoms with E-state index >= 15 is 0 Å². The zero-order chi connectivity index (χ0) is 19.7. The van der Waals surface area contributed by atoms with Gasteiger partial charge in [-0.3, -0.25) is 14.5 Å². The number of likely N-dealkylation sites (tertiary alicyclic amines) is 2. The minimum atomic E-state index is -0.0240. The largest absolute Gasteiger partial charge is 0.342 e. The molecule has 4 rings (SSSR count). The second kappa shape index (κ2) is 7.86. The fraction of sp³-hybridized carbons (Fsp3) is 0.652. The summed E-state index contributed by atoms with van der Waals surface area (Å²) >= 11 is 0. The van der Waals surface area contributed by atoms with Crippen LogP contribution in [-0.4, -0.2) is 72.3 Å². The predicted molar refractivity (Wildman–Crippen MR) is 110 cm³/mol. The Morgan fingerprint density at radius 2 is 1.86 bits per heavy atom. The molecule has 1 aromatic rings. The van der Waals surface area contributed by atoms with Gasteiger partial charge in [0.25, 0.3) is 0 Å². The highest BCUT2D eigenvalue weighted by molar-refractivity contribution is 5.85. The van der Waals surface area contributed by atoms with Crippen LogP contribution in [0.5, 0.6) is 0 Å². The molecule has 0 radical (unpaired) electrons. The summed E-state index contributed by atoms with van der Waals surface area (Å²) in [6.07, 6.45) is 5.24. The molecule has 0 aromatic heterocycles. The molecule has 28 heavy (non-hydrogen) atoms. The summed E-state index contributed by atoms with van der Waals surface area (Å²) in [7, 11) is 1.99. The van der Waals surface area contributed by atoms with Crippen LogP contribution in [-0.2, 0) is 9.59 Å². The van der Waals surface area contributed by atoms with E-state index < -0.39 is 0 Å². The van der Waals surface area contributed by atoms with E-state index in [0.29, 0.717) is 18.5 Å². The van der Waals surface area contributed by atoms with Gasteiger partial charge in [-0.2, -0.15) is 0 Å². The van der Waals surface area contributed by atoms with E-state index in [4.69, 9.17) is 0 Å². The summed E-state index contributed by atoms with van der Waals surface area (Å²) in [4.78, 5) is 32.1. The molecule has 2 heterocycles. The maximum absolute atomic E-state index is 13.2. The third kappa shape index (κ3) is 3.95. The van der Waals surface area contributed by atoms with E-state index in [1.165, 1.54) is 0 Å². The van der Waals surface area contributed by atoms with Crippen molar-refractivity contribution in [2.24, 2.45) is 5.41 Å². The van der Waals surface area contributed by atoms with Crippen molar-refractivity contribution in [3.63, 3.8) is 0 Å². The van der Waals surface area contributed by atoms with Gasteiger partial charge in [0.05, 0.1) is 12.5 Å². The molecule has 152 valence electrons. The molecule has 1 aliphatic carbocycles. The lowest BCUT2D eigenvalue weighted by Gasteiger charge is -2.50. The molecule has 1 saturated carbocycles. The van der Waals surface area contributed by atoms with Crippen LogP contribution in [0.2, 0.25) is 0 Å². The minimum Gasteiger partial charge on any atom is -0.342 e. The number of nitrogens with zero attached hydrogens (tertiary/aromatic N) is 3. The summed E-state index contributed by atoms with van der Waals surface area (Å²) in [6.45, 7) is 6.00. The fourth-order valence-corrected chi connectivity index (χ4v) is 4.90. The van der Waals surface area contributed by atoms with Crippen LogP contribution in [0.3, 0.4) is 0 Å². The lowest BCUT2D eigenvalue weighted by Crippen LogP contribution is -2.55. The van der Waals surface area contributed by atoms with Crippen molar-refractivity contribution in [2.75, 3.05) is 39.8 Å². The Morgan fingerprint density at radius 1 is 1.18 bits per heavy atom. The normalized spacial score (nSPS) is 24.8. The predicted octanol–water partition coefficient (Wildman–Crippen LogP) is 2.73. The summed E-state index contributed by atoms with van der Waals surface area (Å²) in [5, 5.41) is 0. The van der Waals surface area contributed by atoms with E-state index in [2.05, 4.69) is 28.9 Å².